The van der Waals surface area contributed by atoms with Gasteiger partial charge in [0.25, 0.3) is 0 Å². The van der Waals surface area contributed by atoms with Crippen LogP contribution < -0.4 is 11.5 Å². The van der Waals surface area contributed by atoms with Crippen LogP contribution in [0.1, 0.15) is 84.0 Å². The monoisotopic (exact) mass is 314 g/mol. The Labute approximate surface area is 137 Å². The third kappa shape index (κ3) is 13.3. The lowest BCUT2D eigenvalue weighted by atomic mass is 10.0. The van der Waals surface area contributed by atoms with E-state index in [0.29, 0.717) is 0 Å². The summed E-state index contributed by atoms with van der Waals surface area (Å²) in [5.41, 5.74) is 10.7. The van der Waals surface area contributed by atoms with E-state index in [1.165, 1.54) is 64.2 Å². The van der Waals surface area contributed by atoms with E-state index < -0.39 is 18.4 Å². The minimum Gasteiger partial charge on any atom is -0.387 e. The van der Waals surface area contributed by atoms with Crippen molar-refractivity contribution in [2.45, 2.75) is 102 Å². The molecule has 4 heteroatoms. The van der Waals surface area contributed by atoms with E-state index in [-0.39, 0.29) is 0 Å². The lowest BCUT2D eigenvalue weighted by molar-refractivity contribution is 0.0828. The molecule has 4 nitrogen and oxygen atoms in total. The van der Waals surface area contributed by atoms with E-state index in [1.807, 2.05) is 6.08 Å². The summed E-state index contributed by atoms with van der Waals surface area (Å²) in [5, 5.41) is 18.7. The molecular formula is C18H38N2O2. The molecule has 0 aromatic carbocycles. The smallest absolute Gasteiger partial charge is 0.120 e. The van der Waals surface area contributed by atoms with Gasteiger partial charge in [-0.05, 0) is 12.8 Å². The highest BCUT2D eigenvalue weighted by Crippen LogP contribution is 2.12. The van der Waals surface area contributed by atoms with Crippen molar-refractivity contribution in [2.75, 3.05) is 0 Å². The summed E-state index contributed by atoms with van der Waals surface area (Å²) in [7, 11) is 0. The van der Waals surface area contributed by atoms with Crippen molar-refractivity contribution in [1.82, 2.24) is 0 Å². The fourth-order valence-corrected chi connectivity index (χ4v) is 2.49. The summed E-state index contributed by atoms with van der Waals surface area (Å²) in [6.45, 7) is 2.26. The average Bonchev–Trinajstić information content (AvgIpc) is 2.50. The predicted octanol–water partition coefficient (Wildman–Crippen LogP) is 3.21. The van der Waals surface area contributed by atoms with Crippen molar-refractivity contribution >= 4 is 0 Å². The highest BCUT2D eigenvalue weighted by atomic mass is 16.3. The summed E-state index contributed by atoms with van der Waals surface area (Å²) in [6, 6.07) is -0.812. The molecule has 0 aliphatic rings. The lowest BCUT2D eigenvalue weighted by Gasteiger charge is -2.17. The molecule has 1 unspecified atom stereocenters. The number of hydrogen-bond donors (Lipinski definition) is 4. The van der Waals surface area contributed by atoms with Gasteiger partial charge in [0.1, 0.15) is 6.23 Å². The number of rotatable bonds is 15. The molecule has 0 rings (SSSR count). The van der Waals surface area contributed by atoms with Gasteiger partial charge in [-0.25, -0.2) is 0 Å². The fraction of sp³-hybridized carbons (Fsp3) is 0.889. The summed E-state index contributed by atoms with van der Waals surface area (Å²) in [4.78, 5) is 0. The Kier molecular flexibility index (Phi) is 15.2. The topological polar surface area (TPSA) is 92.5 Å². The summed E-state index contributed by atoms with van der Waals surface area (Å²) < 4.78 is 0. The molecule has 0 fully saturated rings. The van der Waals surface area contributed by atoms with Crippen molar-refractivity contribution in [1.29, 1.82) is 0 Å². The SMILES string of the molecule is CCCCCCCCCCCCC/C=C/[C@@H](O)[C@@H](N)C(N)O. The standard InChI is InChI=1S/C18H38N2O2/c1-2-3-4-5-6-7-8-9-10-11-12-13-14-15-16(21)17(19)18(20)22/h14-18,21-22H,2-13,19-20H2,1H3/b15-14+/t16-,17-,18?/m1/s1. The van der Waals surface area contributed by atoms with E-state index in [2.05, 4.69) is 6.92 Å². The molecule has 0 aromatic heterocycles. The molecule has 0 saturated carbocycles. The van der Waals surface area contributed by atoms with E-state index >= 15 is 0 Å². The Morgan fingerprint density at radius 3 is 1.68 bits per heavy atom. The van der Waals surface area contributed by atoms with Gasteiger partial charge in [0, 0.05) is 0 Å². The van der Waals surface area contributed by atoms with Gasteiger partial charge in [-0.15, -0.1) is 0 Å². The molecule has 6 N–H and O–H groups in total. The van der Waals surface area contributed by atoms with Gasteiger partial charge < -0.3 is 21.7 Å². The van der Waals surface area contributed by atoms with Gasteiger partial charge in [0.05, 0.1) is 12.1 Å². The minimum atomic E-state index is -1.18. The largest absolute Gasteiger partial charge is 0.387 e. The minimum absolute atomic E-state index is 0.812. The molecule has 0 radical (unpaired) electrons. The zero-order valence-corrected chi connectivity index (χ0v) is 14.4. The van der Waals surface area contributed by atoms with Crippen LogP contribution >= 0.6 is 0 Å². The normalized spacial score (nSPS) is 16.0. The highest BCUT2D eigenvalue weighted by Gasteiger charge is 2.16. The maximum atomic E-state index is 9.61. The van der Waals surface area contributed by atoms with Gasteiger partial charge in [0.2, 0.25) is 0 Å². The second-order valence-electron chi connectivity index (χ2n) is 6.31. The second-order valence-corrected chi connectivity index (χ2v) is 6.31. The Balaban J connectivity index is 3.29. The number of allylic oxidation sites excluding steroid dienone is 1. The van der Waals surface area contributed by atoms with Gasteiger partial charge in [-0.1, -0.05) is 83.3 Å². The molecule has 0 heterocycles. The molecule has 0 saturated heterocycles. The number of unbranched alkanes of at least 4 members (excludes halogenated alkanes) is 11. The van der Waals surface area contributed by atoms with E-state index in [1.54, 1.807) is 6.08 Å². The predicted molar refractivity (Wildman–Crippen MR) is 94.4 cm³/mol. The summed E-state index contributed by atoms with van der Waals surface area (Å²) in [5.74, 6) is 0. The number of aliphatic hydroxyl groups is 2. The molecule has 132 valence electrons. The van der Waals surface area contributed by atoms with Crippen LogP contribution in [0.15, 0.2) is 12.2 Å². The molecular weight excluding hydrogens is 276 g/mol. The molecule has 0 aromatic rings. The molecule has 0 bridgehead atoms. The third-order valence-corrected chi connectivity index (χ3v) is 4.10. The zero-order chi connectivity index (χ0) is 16.6. The molecule has 22 heavy (non-hydrogen) atoms. The number of hydrogen-bond acceptors (Lipinski definition) is 4. The van der Waals surface area contributed by atoms with Crippen molar-refractivity contribution in [3.05, 3.63) is 12.2 Å². The number of aliphatic hydroxyl groups excluding tert-OH is 2. The average molecular weight is 315 g/mol. The lowest BCUT2D eigenvalue weighted by Crippen LogP contribution is -2.48. The molecule has 0 aliphatic heterocycles. The number of nitrogens with two attached hydrogens (primary N) is 2. The molecule has 0 aliphatic carbocycles. The third-order valence-electron chi connectivity index (χ3n) is 4.10. The quantitative estimate of drug-likeness (QED) is 0.212. The van der Waals surface area contributed by atoms with E-state index in [9.17, 15) is 5.11 Å². The van der Waals surface area contributed by atoms with E-state index in [4.69, 9.17) is 16.6 Å². The first-order valence-corrected chi connectivity index (χ1v) is 9.13. The van der Waals surface area contributed by atoms with Crippen LogP contribution in [0.2, 0.25) is 0 Å². The maximum absolute atomic E-state index is 9.61. The maximum Gasteiger partial charge on any atom is 0.120 e. The first-order valence-electron chi connectivity index (χ1n) is 9.13. The first-order chi connectivity index (χ1) is 10.6. The Morgan fingerprint density at radius 1 is 0.773 bits per heavy atom. The Bertz CT molecular complexity index is 257. The van der Waals surface area contributed by atoms with Crippen LogP contribution in [0.25, 0.3) is 0 Å². The van der Waals surface area contributed by atoms with Crippen molar-refractivity contribution in [3.63, 3.8) is 0 Å². The van der Waals surface area contributed by atoms with Gasteiger partial charge in [-0.2, -0.15) is 0 Å². The van der Waals surface area contributed by atoms with Crippen molar-refractivity contribution in [3.8, 4) is 0 Å². The van der Waals surface area contributed by atoms with Crippen LogP contribution in [-0.4, -0.2) is 28.6 Å². The van der Waals surface area contributed by atoms with Crippen LogP contribution in [-0.2, 0) is 0 Å². The van der Waals surface area contributed by atoms with Gasteiger partial charge in [-0.3, -0.25) is 0 Å². The first kappa shape index (κ1) is 21.6. The second kappa shape index (κ2) is 15.5. The van der Waals surface area contributed by atoms with Crippen LogP contribution in [0, 0.1) is 0 Å². The van der Waals surface area contributed by atoms with Gasteiger partial charge >= 0.3 is 0 Å². The van der Waals surface area contributed by atoms with Crippen LogP contribution in [0.3, 0.4) is 0 Å². The van der Waals surface area contributed by atoms with Gasteiger partial charge in [0.15, 0.2) is 0 Å². The van der Waals surface area contributed by atoms with Crippen LogP contribution in [0.5, 0.6) is 0 Å². The fourth-order valence-electron chi connectivity index (χ4n) is 2.49. The molecule has 3 atom stereocenters. The molecule has 0 amide bonds. The van der Waals surface area contributed by atoms with E-state index in [0.717, 1.165) is 12.8 Å². The van der Waals surface area contributed by atoms with Crippen LogP contribution in [0.4, 0.5) is 0 Å². The Hall–Kier alpha value is -0.420. The summed E-state index contributed by atoms with van der Waals surface area (Å²) >= 11 is 0. The van der Waals surface area contributed by atoms with Crippen molar-refractivity contribution < 1.29 is 10.2 Å². The van der Waals surface area contributed by atoms with Crippen molar-refractivity contribution in [2.24, 2.45) is 11.5 Å². The highest BCUT2D eigenvalue weighted by molar-refractivity contribution is 4.95. The summed E-state index contributed by atoms with van der Waals surface area (Å²) in [6.07, 6.45) is 17.1. The Morgan fingerprint density at radius 2 is 1.23 bits per heavy atom. The molecule has 0 spiro atoms. The zero-order valence-electron chi connectivity index (χ0n) is 14.4.